The van der Waals surface area contributed by atoms with Crippen molar-refractivity contribution in [1.82, 2.24) is 5.32 Å². The van der Waals surface area contributed by atoms with Crippen LogP contribution in [0.5, 0.6) is 0 Å². The van der Waals surface area contributed by atoms with Gasteiger partial charge in [-0.25, -0.2) is 0 Å². The molecule has 20 heavy (non-hydrogen) atoms. The van der Waals surface area contributed by atoms with Crippen LogP contribution in [0, 0.1) is 26.2 Å². The largest absolute Gasteiger partial charge is 0.395 e. The highest BCUT2D eigenvalue weighted by atomic mass is 16.3. The summed E-state index contributed by atoms with van der Waals surface area (Å²) in [5, 5.41) is 22.5. The molecule has 0 unspecified atom stereocenters. The van der Waals surface area contributed by atoms with Crippen molar-refractivity contribution < 1.29 is 10.2 Å². The van der Waals surface area contributed by atoms with Crippen LogP contribution >= 0.6 is 0 Å². The molecule has 0 aliphatic carbocycles. The number of hydrogen-bond donors (Lipinski definition) is 3. The maximum atomic E-state index is 9.52. The van der Waals surface area contributed by atoms with Crippen LogP contribution in [0.4, 0.5) is 0 Å². The van der Waals surface area contributed by atoms with E-state index in [1.54, 1.807) is 0 Å². The Balaban J connectivity index is 2.99. The summed E-state index contributed by atoms with van der Waals surface area (Å²) >= 11 is 0. The lowest BCUT2D eigenvalue weighted by Crippen LogP contribution is -2.42. The molecule has 3 N–H and O–H groups in total. The number of nitrogens with one attached hydrogen (secondary N) is 1. The van der Waals surface area contributed by atoms with Gasteiger partial charge < -0.3 is 15.5 Å². The zero-order valence-corrected chi connectivity index (χ0v) is 13.7. The van der Waals surface area contributed by atoms with Crippen LogP contribution in [0.1, 0.15) is 48.6 Å². The Morgan fingerprint density at radius 2 is 1.60 bits per heavy atom. The highest BCUT2D eigenvalue weighted by molar-refractivity contribution is 5.44. The van der Waals surface area contributed by atoms with Crippen molar-refractivity contribution in [3.8, 4) is 0 Å². The van der Waals surface area contributed by atoms with E-state index >= 15 is 0 Å². The zero-order chi connectivity index (χ0) is 15.5. The molecule has 0 heterocycles. The minimum atomic E-state index is 0.0149. The minimum Gasteiger partial charge on any atom is -0.395 e. The van der Waals surface area contributed by atoms with Crippen LogP contribution in [0.2, 0.25) is 0 Å². The van der Waals surface area contributed by atoms with E-state index in [9.17, 15) is 10.2 Å². The van der Waals surface area contributed by atoms with E-state index < -0.39 is 0 Å². The smallest absolute Gasteiger partial charge is 0.0687 e. The third kappa shape index (κ3) is 3.81. The van der Waals surface area contributed by atoms with Gasteiger partial charge in [-0.3, -0.25) is 0 Å². The second kappa shape index (κ2) is 6.70. The molecular weight excluding hydrogens is 250 g/mol. The van der Waals surface area contributed by atoms with Gasteiger partial charge in [0.25, 0.3) is 0 Å². The molecule has 0 aliphatic rings. The zero-order valence-electron chi connectivity index (χ0n) is 13.7. The number of aliphatic hydroxyl groups excluding tert-OH is 2. The minimum absolute atomic E-state index is 0.0149. The molecule has 0 saturated carbocycles. The van der Waals surface area contributed by atoms with Crippen molar-refractivity contribution in [3.05, 3.63) is 33.9 Å². The summed E-state index contributed by atoms with van der Waals surface area (Å²) in [4.78, 5) is 0. The standard InChI is InChI=1S/C17H29NO2/c1-11-7-12(2)15(9-19)13(3)14(11)8-18-16(10-20)17(4,5)6/h7,16,18-20H,8-10H2,1-6H3/t16-/m1/s1. The normalized spacial score (nSPS) is 13.6. The summed E-state index contributed by atoms with van der Waals surface area (Å²) in [5.74, 6) is 0. The lowest BCUT2D eigenvalue weighted by Gasteiger charge is -2.30. The van der Waals surface area contributed by atoms with Crippen molar-refractivity contribution in [2.24, 2.45) is 5.41 Å². The summed E-state index contributed by atoms with van der Waals surface area (Å²) in [5.41, 5.74) is 5.78. The van der Waals surface area contributed by atoms with Gasteiger partial charge in [0, 0.05) is 12.6 Å². The molecule has 1 aromatic rings. The lowest BCUT2D eigenvalue weighted by atomic mass is 9.86. The monoisotopic (exact) mass is 279 g/mol. The van der Waals surface area contributed by atoms with E-state index in [-0.39, 0.29) is 24.7 Å². The first-order valence-electron chi connectivity index (χ1n) is 7.26. The summed E-state index contributed by atoms with van der Waals surface area (Å²) < 4.78 is 0. The van der Waals surface area contributed by atoms with E-state index in [1.807, 2.05) is 6.92 Å². The molecule has 0 saturated heterocycles. The van der Waals surface area contributed by atoms with Gasteiger partial charge in [0.1, 0.15) is 0 Å². The van der Waals surface area contributed by atoms with Gasteiger partial charge in [0.05, 0.1) is 13.2 Å². The predicted octanol–water partition coefficient (Wildman–Crippen LogP) is 2.60. The topological polar surface area (TPSA) is 52.5 Å². The second-order valence-corrected chi connectivity index (χ2v) is 6.73. The van der Waals surface area contributed by atoms with Crippen LogP contribution in [-0.2, 0) is 13.2 Å². The van der Waals surface area contributed by atoms with Gasteiger partial charge in [0.2, 0.25) is 0 Å². The van der Waals surface area contributed by atoms with E-state index in [0.29, 0.717) is 6.54 Å². The summed E-state index contributed by atoms with van der Waals surface area (Å²) in [6.45, 7) is 13.5. The first-order valence-corrected chi connectivity index (χ1v) is 7.26. The first kappa shape index (κ1) is 17.2. The maximum Gasteiger partial charge on any atom is 0.0687 e. The summed E-state index contributed by atoms with van der Waals surface area (Å²) in [6, 6.07) is 2.18. The Morgan fingerprint density at radius 1 is 1.05 bits per heavy atom. The van der Waals surface area contributed by atoms with Crippen LogP contribution in [0.15, 0.2) is 6.07 Å². The molecule has 0 bridgehead atoms. The van der Waals surface area contributed by atoms with E-state index in [4.69, 9.17) is 0 Å². The van der Waals surface area contributed by atoms with Crippen LogP contribution in [-0.4, -0.2) is 22.9 Å². The lowest BCUT2D eigenvalue weighted by molar-refractivity contribution is 0.158. The average Bonchev–Trinajstić information content (AvgIpc) is 2.32. The molecule has 1 rings (SSSR count). The Labute approximate surface area is 123 Å². The summed E-state index contributed by atoms with van der Waals surface area (Å²) in [7, 11) is 0. The molecule has 1 aromatic carbocycles. The molecule has 0 aliphatic heterocycles. The maximum absolute atomic E-state index is 9.52. The number of hydrogen-bond acceptors (Lipinski definition) is 3. The fourth-order valence-corrected chi connectivity index (χ4v) is 2.66. The first-order chi connectivity index (χ1) is 9.22. The Morgan fingerprint density at radius 3 is 2.05 bits per heavy atom. The van der Waals surface area contributed by atoms with Crippen molar-refractivity contribution in [3.63, 3.8) is 0 Å². The van der Waals surface area contributed by atoms with Gasteiger partial charge >= 0.3 is 0 Å². The quantitative estimate of drug-likeness (QED) is 0.776. The molecule has 0 aromatic heterocycles. The second-order valence-electron chi connectivity index (χ2n) is 6.73. The highest BCUT2D eigenvalue weighted by Crippen LogP contribution is 2.24. The molecule has 0 radical (unpaired) electrons. The summed E-state index contributed by atoms with van der Waals surface area (Å²) in [6.07, 6.45) is 0. The van der Waals surface area contributed by atoms with E-state index in [0.717, 1.165) is 16.7 Å². The highest BCUT2D eigenvalue weighted by Gasteiger charge is 2.23. The predicted molar refractivity (Wildman–Crippen MR) is 83.7 cm³/mol. The Bertz CT molecular complexity index is 461. The molecule has 0 fully saturated rings. The van der Waals surface area contributed by atoms with Crippen molar-refractivity contribution in [2.75, 3.05) is 6.61 Å². The van der Waals surface area contributed by atoms with Gasteiger partial charge in [-0.2, -0.15) is 0 Å². The number of aliphatic hydroxyl groups is 2. The molecule has 1 atom stereocenters. The molecule has 3 nitrogen and oxygen atoms in total. The fourth-order valence-electron chi connectivity index (χ4n) is 2.66. The number of benzene rings is 1. The van der Waals surface area contributed by atoms with E-state index in [1.165, 1.54) is 11.1 Å². The van der Waals surface area contributed by atoms with Gasteiger partial charge in [-0.1, -0.05) is 26.8 Å². The fraction of sp³-hybridized carbons (Fsp3) is 0.647. The molecule has 0 amide bonds. The van der Waals surface area contributed by atoms with Crippen molar-refractivity contribution in [1.29, 1.82) is 0 Å². The molecule has 3 heteroatoms. The third-order valence-corrected chi connectivity index (χ3v) is 4.20. The molecule has 114 valence electrons. The number of aryl methyl sites for hydroxylation is 2. The van der Waals surface area contributed by atoms with Crippen LogP contribution < -0.4 is 5.32 Å². The van der Waals surface area contributed by atoms with E-state index in [2.05, 4.69) is 46.0 Å². The molecule has 0 spiro atoms. The Hall–Kier alpha value is -0.900. The third-order valence-electron chi connectivity index (χ3n) is 4.20. The molecular formula is C17H29NO2. The SMILES string of the molecule is Cc1cc(C)c(CN[C@H](CO)C(C)(C)C)c(C)c1CO. The van der Waals surface area contributed by atoms with Gasteiger partial charge in [-0.15, -0.1) is 0 Å². The van der Waals surface area contributed by atoms with Crippen LogP contribution in [0.3, 0.4) is 0 Å². The van der Waals surface area contributed by atoms with Crippen LogP contribution in [0.25, 0.3) is 0 Å². The van der Waals surface area contributed by atoms with Crippen molar-refractivity contribution in [2.45, 2.75) is 60.7 Å². The van der Waals surface area contributed by atoms with Gasteiger partial charge in [-0.05, 0) is 54.0 Å². The Kier molecular flexibility index (Phi) is 5.75. The average molecular weight is 279 g/mol. The van der Waals surface area contributed by atoms with Gasteiger partial charge in [0.15, 0.2) is 0 Å². The van der Waals surface area contributed by atoms with Crippen molar-refractivity contribution >= 4 is 0 Å². The number of rotatable bonds is 5.